The van der Waals surface area contributed by atoms with E-state index in [0.29, 0.717) is 6.04 Å². The zero-order valence-electron chi connectivity index (χ0n) is 12.2. The van der Waals surface area contributed by atoms with Crippen molar-refractivity contribution >= 4 is 5.69 Å². The van der Waals surface area contributed by atoms with Gasteiger partial charge in [0.05, 0.1) is 6.61 Å². The van der Waals surface area contributed by atoms with Crippen LogP contribution in [0.2, 0.25) is 0 Å². The van der Waals surface area contributed by atoms with Gasteiger partial charge in [0.1, 0.15) is 0 Å². The second-order valence-electron chi connectivity index (χ2n) is 5.45. The standard InChI is InChI=1S/C16H26N2O/c1-3-8-17-12-14-4-7-16(13(2)11-14)18(9-10-19)15-5-6-15/h4,7,11,15,17,19H,3,5-6,8-10,12H2,1-2H3. The molecule has 106 valence electrons. The number of anilines is 1. The summed E-state index contributed by atoms with van der Waals surface area (Å²) in [5.41, 5.74) is 3.95. The molecular weight excluding hydrogens is 236 g/mol. The highest BCUT2D eigenvalue weighted by molar-refractivity contribution is 5.56. The normalized spacial score (nSPS) is 14.7. The quantitative estimate of drug-likeness (QED) is 0.706. The maximum absolute atomic E-state index is 9.21. The molecule has 1 aromatic carbocycles. The number of rotatable bonds is 8. The van der Waals surface area contributed by atoms with Crippen LogP contribution in [0.5, 0.6) is 0 Å². The van der Waals surface area contributed by atoms with Crippen LogP contribution in [0, 0.1) is 6.92 Å². The topological polar surface area (TPSA) is 35.5 Å². The number of benzene rings is 1. The molecule has 2 N–H and O–H groups in total. The van der Waals surface area contributed by atoms with Crippen molar-refractivity contribution < 1.29 is 5.11 Å². The van der Waals surface area contributed by atoms with E-state index in [4.69, 9.17) is 0 Å². The summed E-state index contributed by atoms with van der Waals surface area (Å²) >= 11 is 0. The van der Waals surface area contributed by atoms with Crippen LogP contribution in [0.25, 0.3) is 0 Å². The lowest BCUT2D eigenvalue weighted by atomic mass is 10.1. The van der Waals surface area contributed by atoms with Gasteiger partial charge in [-0.2, -0.15) is 0 Å². The third kappa shape index (κ3) is 3.95. The first-order valence-corrected chi connectivity index (χ1v) is 7.44. The van der Waals surface area contributed by atoms with Gasteiger partial charge in [-0.25, -0.2) is 0 Å². The monoisotopic (exact) mass is 262 g/mol. The zero-order valence-corrected chi connectivity index (χ0v) is 12.2. The molecule has 1 aliphatic rings. The predicted molar refractivity (Wildman–Crippen MR) is 80.6 cm³/mol. The van der Waals surface area contributed by atoms with Crippen molar-refractivity contribution in [3.05, 3.63) is 29.3 Å². The van der Waals surface area contributed by atoms with E-state index in [0.717, 1.165) is 19.6 Å². The molecule has 0 unspecified atom stereocenters. The molecule has 3 heteroatoms. The molecule has 3 nitrogen and oxygen atoms in total. The van der Waals surface area contributed by atoms with Gasteiger partial charge in [-0.05, 0) is 49.9 Å². The van der Waals surface area contributed by atoms with Gasteiger partial charge in [0.15, 0.2) is 0 Å². The number of hydrogen-bond acceptors (Lipinski definition) is 3. The number of aliphatic hydroxyl groups is 1. The Hall–Kier alpha value is -1.06. The van der Waals surface area contributed by atoms with Crippen LogP contribution >= 0.6 is 0 Å². The van der Waals surface area contributed by atoms with Crippen LogP contribution in [-0.2, 0) is 6.54 Å². The number of nitrogens with zero attached hydrogens (tertiary/aromatic N) is 1. The van der Waals surface area contributed by atoms with Crippen molar-refractivity contribution in [2.75, 3.05) is 24.6 Å². The third-order valence-corrected chi connectivity index (χ3v) is 3.66. The average molecular weight is 262 g/mol. The smallest absolute Gasteiger partial charge is 0.0606 e. The Balaban J connectivity index is 2.04. The maximum Gasteiger partial charge on any atom is 0.0606 e. The Kier molecular flexibility index (Phi) is 5.23. The Morgan fingerprint density at radius 1 is 1.37 bits per heavy atom. The minimum absolute atomic E-state index is 0.232. The fourth-order valence-corrected chi connectivity index (χ4v) is 2.55. The van der Waals surface area contributed by atoms with Crippen molar-refractivity contribution in [3.63, 3.8) is 0 Å². The molecule has 0 aromatic heterocycles. The van der Waals surface area contributed by atoms with E-state index in [9.17, 15) is 5.11 Å². The number of aryl methyl sites for hydroxylation is 1. The van der Waals surface area contributed by atoms with E-state index in [1.165, 1.54) is 36.1 Å². The second kappa shape index (κ2) is 6.92. The molecule has 0 radical (unpaired) electrons. The van der Waals surface area contributed by atoms with E-state index < -0.39 is 0 Å². The lowest BCUT2D eigenvalue weighted by molar-refractivity contribution is 0.301. The van der Waals surface area contributed by atoms with Crippen molar-refractivity contribution in [3.8, 4) is 0 Å². The van der Waals surface area contributed by atoms with E-state index in [2.05, 4.69) is 42.3 Å². The summed E-state index contributed by atoms with van der Waals surface area (Å²) in [6.45, 7) is 7.35. The Morgan fingerprint density at radius 3 is 2.74 bits per heavy atom. The van der Waals surface area contributed by atoms with Crippen LogP contribution in [0.1, 0.15) is 37.3 Å². The Labute approximate surface area is 116 Å². The first-order valence-electron chi connectivity index (χ1n) is 7.44. The Morgan fingerprint density at radius 2 is 2.16 bits per heavy atom. The van der Waals surface area contributed by atoms with Crippen LogP contribution in [0.15, 0.2) is 18.2 Å². The molecule has 1 saturated carbocycles. The highest BCUT2D eigenvalue weighted by atomic mass is 16.3. The largest absolute Gasteiger partial charge is 0.395 e. The van der Waals surface area contributed by atoms with Gasteiger partial charge in [0.25, 0.3) is 0 Å². The fourth-order valence-electron chi connectivity index (χ4n) is 2.55. The van der Waals surface area contributed by atoms with E-state index in [1.807, 2.05) is 0 Å². The molecule has 2 rings (SSSR count). The number of nitrogens with one attached hydrogen (secondary N) is 1. The van der Waals surface area contributed by atoms with Gasteiger partial charge in [0, 0.05) is 24.8 Å². The Bertz CT molecular complexity index is 402. The molecular formula is C16H26N2O. The SMILES string of the molecule is CCCNCc1ccc(N(CCO)C2CC2)c(C)c1. The summed E-state index contributed by atoms with van der Waals surface area (Å²) in [6, 6.07) is 7.34. The van der Waals surface area contributed by atoms with Crippen LogP contribution in [-0.4, -0.2) is 30.8 Å². The highest BCUT2D eigenvalue weighted by Gasteiger charge is 2.29. The third-order valence-electron chi connectivity index (χ3n) is 3.66. The van der Waals surface area contributed by atoms with E-state index in [-0.39, 0.29) is 6.61 Å². The van der Waals surface area contributed by atoms with Crippen molar-refractivity contribution in [2.45, 2.75) is 45.7 Å². The summed E-state index contributed by atoms with van der Waals surface area (Å²) in [4.78, 5) is 2.36. The lowest BCUT2D eigenvalue weighted by Gasteiger charge is -2.26. The molecule has 0 amide bonds. The molecule has 1 aromatic rings. The molecule has 0 atom stereocenters. The van der Waals surface area contributed by atoms with Gasteiger partial charge >= 0.3 is 0 Å². The van der Waals surface area contributed by atoms with Gasteiger partial charge in [-0.1, -0.05) is 19.1 Å². The summed E-state index contributed by atoms with van der Waals surface area (Å²) in [5, 5.41) is 12.6. The molecule has 19 heavy (non-hydrogen) atoms. The van der Waals surface area contributed by atoms with Crippen LogP contribution in [0.3, 0.4) is 0 Å². The molecule has 0 aliphatic heterocycles. The minimum Gasteiger partial charge on any atom is -0.395 e. The lowest BCUT2D eigenvalue weighted by Crippen LogP contribution is -2.29. The molecule has 0 heterocycles. The number of hydrogen-bond donors (Lipinski definition) is 2. The predicted octanol–water partition coefficient (Wildman–Crippen LogP) is 2.46. The average Bonchev–Trinajstić information content (AvgIpc) is 3.21. The molecule has 1 fully saturated rings. The molecule has 0 saturated heterocycles. The van der Waals surface area contributed by atoms with Gasteiger partial charge < -0.3 is 15.3 Å². The summed E-state index contributed by atoms with van der Waals surface area (Å²) in [5.74, 6) is 0. The molecule has 0 spiro atoms. The van der Waals surface area contributed by atoms with Crippen LogP contribution in [0.4, 0.5) is 5.69 Å². The fraction of sp³-hybridized carbons (Fsp3) is 0.625. The van der Waals surface area contributed by atoms with Gasteiger partial charge in [0.2, 0.25) is 0 Å². The molecule has 1 aliphatic carbocycles. The number of aliphatic hydroxyl groups excluding tert-OH is 1. The molecule has 0 bridgehead atoms. The first kappa shape index (κ1) is 14.4. The summed E-state index contributed by atoms with van der Waals surface area (Å²) < 4.78 is 0. The van der Waals surface area contributed by atoms with Crippen molar-refractivity contribution in [2.24, 2.45) is 0 Å². The van der Waals surface area contributed by atoms with Crippen LogP contribution < -0.4 is 10.2 Å². The highest BCUT2D eigenvalue weighted by Crippen LogP contribution is 2.33. The van der Waals surface area contributed by atoms with Crippen molar-refractivity contribution in [1.29, 1.82) is 0 Å². The van der Waals surface area contributed by atoms with E-state index in [1.54, 1.807) is 0 Å². The maximum atomic E-state index is 9.21. The first-order chi connectivity index (χ1) is 9.26. The summed E-state index contributed by atoms with van der Waals surface area (Å²) in [6.07, 6.45) is 3.70. The van der Waals surface area contributed by atoms with Crippen molar-refractivity contribution in [1.82, 2.24) is 5.32 Å². The van der Waals surface area contributed by atoms with Gasteiger partial charge in [-0.15, -0.1) is 0 Å². The summed E-state index contributed by atoms with van der Waals surface area (Å²) in [7, 11) is 0. The van der Waals surface area contributed by atoms with Gasteiger partial charge in [-0.3, -0.25) is 0 Å². The van der Waals surface area contributed by atoms with E-state index >= 15 is 0 Å². The second-order valence-corrected chi connectivity index (χ2v) is 5.45. The minimum atomic E-state index is 0.232. The zero-order chi connectivity index (χ0) is 13.7.